The van der Waals surface area contributed by atoms with Gasteiger partial charge in [-0.1, -0.05) is 0 Å². The van der Waals surface area contributed by atoms with E-state index in [0.29, 0.717) is 23.2 Å². The molecule has 0 radical (unpaired) electrons. The van der Waals surface area contributed by atoms with Crippen LogP contribution in [0.3, 0.4) is 0 Å². The Hall–Kier alpha value is -3.20. The third-order valence-corrected chi connectivity index (χ3v) is 5.01. The first-order valence-electron chi connectivity index (χ1n) is 9.62. The molecule has 0 spiro atoms. The molecule has 1 unspecified atom stereocenters. The van der Waals surface area contributed by atoms with Crippen molar-refractivity contribution in [1.82, 2.24) is 24.9 Å². The van der Waals surface area contributed by atoms with Crippen LogP contribution in [0.5, 0.6) is 5.75 Å². The van der Waals surface area contributed by atoms with Crippen LogP contribution in [0.4, 0.5) is 11.6 Å². The van der Waals surface area contributed by atoms with Crippen molar-refractivity contribution in [3.63, 3.8) is 0 Å². The van der Waals surface area contributed by atoms with Crippen molar-refractivity contribution < 1.29 is 9.53 Å². The Kier molecular flexibility index (Phi) is 5.06. The molecule has 2 N–H and O–H groups in total. The van der Waals surface area contributed by atoms with Gasteiger partial charge in [-0.2, -0.15) is 0 Å². The average Bonchev–Trinajstić information content (AvgIpc) is 3.05. The second-order valence-electron chi connectivity index (χ2n) is 7.39. The number of nitrogens with zero attached hydrogens (tertiary/aromatic N) is 5. The van der Waals surface area contributed by atoms with Crippen LogP contribution in [-0.2, 0) is 0 Å². The van der Waals surface area contributed by atoms with Gasteiger partial charge < -0.3 is 24.7 Å². The molecular weight excluding hydrogens is 370 g/mol. The summed E-state index contributed by atoms with van der Waals surface area (Å²) < 4.78 is 7.19. The van der Waals surface area contributed by atoms with Crippen molar-refractivity contribution in [3.8, 4) is 5.75 Å². The Morgan fingerprint density at radius 2 is 2.10 bits per heavy atom. The lowest BCUT2D eigenvalue weighted by Crippen LogP contribution is -2.49. The predicted octanol–water partition coefficient (Wildman–Crippen LogP) is 1.80. The second kappa shape index (κ2) is 7.67. The standard InChI is InChI=1S/C20H25N7O2/c1-12-7-17(24-25-19(12)26-6-5-21-13(2)9-26)23-20(28)15-11-27-10-14(3)22-18(27)8-16(15)29-4/h7-8,10-11,13,21H,5-6,9H2,1-4H3,(H,23,24,28). The van der Waals surface area contributed by atoms with Gasteiger partial charge in [0.1, 0.15) is 11.4 Å². The minimum Gasteiger partial charge on any atom is -0.496 e. The fourth-order valence-corrected chi connectivity index (χ4v) is 3.64. The summed E-state index contributed by atoms with van der Waals surface area (Å²) >= 11 is 0. The lowest BCUT2D eigenvalue weighted by molar-refractivity contribution is 0.102. The highest BCUT2D eigenvalue weighted by molar-refractivity contribution is 6.05. The smallest absolute Gasteiger partial charge is 0.262 e. The highest BCUT2D eigenvalue weighted by Crippen LogP contribution is 2.23. The zero-order chi connectivity index (χ0) is 20.5. The van der Waals surface area contributed by atoms with Crippen LogP contribution < -0.4 is 20.3 Å². The average molecular weight is 395 g/mol. The highest BCUT2D eigenvalue weighted by Gasteiger charge is 2.20. The number of aryl methyl sites for hydroxylation is 2. The molecule has 3 aromatic heterocycles. The number of hydrogen-bond acceptors (Lipinski definition) is 7. The maximum Gasteiger partial charge on any atom is 0.262 e. The zero-order valence-electron chi connectivity index (χ0n) is 17.1. The number of carbonyl (C=O) groups excluding carboxylic acids is 1. The molecule has 1 aliphatic rings. The van der Waals surface area contributed by atoms with Gasteiger partial charge in [0, 0.05) is 44.1 Å². The highest BCUT2D eigenvalue weighted by atomic mass is 16.5. The molecule has 1 saturated heterocycles. The van der Waals surface area contributed by atoms with Gasteiger partial charge in [-0.3, -0.25) is 4.79 Å². The molecule has 29 heavy (non-hydrogen) atoms. The van der Waals surface area contributed by atoms with Gasteiger partial charge in [-0.25, -0.2) is 4.98 Å². The summed E-state index contributed by atoms with van der Waals surface area (Å²) in [5.41, 5.74) is 2.96. The molecule has 1 atom stereocenters. The van der Waals surface area contributed by atoms with Gasteiger partial charge in [0.05, 0.1) is 18.4 Å². The number of aromatic nitrogens is 4. The van der Waals surface area contributed by atoms with E-state index in [9.17, 15) is 4.79 Å². The van der Waals surface area contributed by atoms with Gasteiger partial charge >= 0.3 is 0 Å². The molecule has 1 amide bonds. The van der Waals surface area contributed by atoms with Gasteiger partial charge in [-0.05, 0) is 32.4 Å². The minimum absolute atomic E-state index is 0.313. The number of carbonyl (C=O) groups is 1. The molecule has 0 bridgehead atoms. The van der Waals surface area contributed by atoms with Gasteiger partial charge in [-0.15, -0.1) is 10.2 Å². The molecule has 0 aromatic carbocycles. The number of imidazole rings is 1. The first-order valence-corrected chi connectivity index (χ1v) is 9.62. The molecule has 1 aliphatic heterocycles. The molecule has 0 aliphatic carbocycles. The lowest BCUT2D eigenvalue weighted by Gasteiger charge is -2.33. The van der Waals surface area contributed by atoms with Crippen LogP contribution in [0.25, 0.3) is 5.65 Å². The van der Waals surface area contributed by atoms with E-state index in [1.165, 1.54) is 7.11 Å². The van der Waals surface area contributed by atoms with E-state index in [2.05, 4.69) is 37.6 Å². The molecule has 152 valence electrons. The summed E-state index contributed by atoms with van der Waals surface area (Å²) in [6, 6.07) is 3.99. The molecule has 9 nitrogen and oxygen atoms in total. The number of anilines is 2. The largest absolute Gasteiger partial charge is 0.496 e. The summed E-state index contributed by atoms with van der Waals surface area (Å²) in [5, 5.41) is 14.8. The number of methoxy groups -OCH3 is 1. The Balaban J connectivity index is 1.57. The SMILES string of the molecule is COc1cc2nc(C)cn2cc1C(=O)Nc1cc(C)c(N2CCNC(C)C2)nn1. The van der Waals surface area contributed by atoms with E-state index in [4.69, 9.17) is 4.74 Å². The van der Waals surface area contributed by atoms with Crippen LogP contribution in [0.15, 0.2) is 24.5 Å². The van der Waals surface area contributed by atoms with Crippen LogP contribution in [-0.4, -0.2) is 58.3 Å². The first-order chi connectivity index (χ1) is 13.9. The monoisotopic (exact) mass is 395 g/mol. The molecular formula is C20H25N7O2. The fraction of sp³-hybridized carbons (Fsp3) is 0.400. The summed E-state index contributed by atoms with van der Waals surface area (Å²) in [5.74, 6) is 1.40. The van der Waals surface area contributed by atoms with Crippen molar-refractivity contribution >= 4 is 23.2 Å². The summed E-state index contributed by atoms with van der Waals surface area (Å²) in [7, 11) is 1.53. The number of piperazine rings is 1. The number of hydrogen-bond donors (Lipinski definition) is 2. The van der Waals surface area contributed by atoms with Crippen molar-refractivity contribution in [3.05, 3.63) is 41.3 Å². The molecule has 4 rings (SSSR count). The number of nitrogens with one attached hydrogen (secondary N) is 2. The predicted molar refractivity (Wildman–Crippen MR) is 111 cm³/mol. The number of amides is 1. The van der Waals surface area contributed by atoms with E-state index in [-0.39, 0.29) is 5.91 Å². The van der Waals surface area contributed by atoms with E-state index in [1.807, 2.05) is 26.1 Å². The normalized spacial score (nSPS) is 16.8. The molecule has 0 saturated carbocycles. The van der Waals surface area contributed by atoms with Crippen LogP contribution in [0.2, 0.25) is 0 Å². The van der Waals surface area contributed by atoms with Gasteiger partial charge in [0.25, 0.3) is 5.91 Å². The Labute approximate surface area is 169 Å². The lowest BCUT2D eigenvalue weighted by atomic mass is 10.2. The van der Waals surface area contributed by atoms with E-state index in [1.54, 1.807) is 16.7 Å². The van der Waals surface area contributed by atoms with E-state index in [0.717, 1.165) is 42.4 Å². The Morgan fingerprint density at radius 3 is 2.83 bits per heavy atom. The third kappa shape index (κ3) is 3.86. The van der Waals surface area contributed by atoms with Gasteiger partial charge in [0.2, 0.25) is 0 Å². The van der Waals surface area contributed by atoms with Gasteiger partial charge in [0.15, 0.2) is 11.6 Å². The molecule has 4 heterocycles. The summed E-state index contributed by atoms with van der Waals surface area (Å²) in [6.07, 6.45) is 3.57. The minimum atomic E-state index is -0.313. The second-order valence-corrected chi connectivity index (χ2v) is 7.39. The third-order valence-electron chi connectivity index (χ3n) is 5.01. The maximum atomic E-state index is 12.9. The van der Waals surface area contributed by atoms with Crippen molar-refractivity contribution in [1.29, 1.82) is 0 Å². The van der Waals surface area contributed by atoms with Crippen LogP contribution in [0.1, 0.15) is 28.5 Å². The number of fused-ring (bicyclic) bond motifs is 1. The number of ether oxygens (including phenoxy) is 1. The van der Waals surface area contributed by atoms with Crippen molar-refractivity contribution in [2.45, 2.75) is 26.8 Å². The molecule has 3 aromatic rings. The fourth-order valence-electron chi connectivity index (χ4n) is 3.64. The summed E-state index contributed by atoms with van der Waals surface area (Å²) in [4.78, 5) is 19.5. The first kappa shape index (κ1) is 19.1. The zero-order valence-corrected chi connectivity index (χ0v) is 17.1. The van der Waals surface area contributed by atoms with E-state index >= 15 is 0 Å². The topological polar surface area (TPSA) is 96.7 Å². The van der Waals surface area contributed by atoms with Crippen molar-refractivity contribution in [2.75, 3.05) is 37.0 Å². The molecule has 1 fully saturated rings. The van der Waals surface area contributed by atoms with Crippen LogP contribution in [0, 0.1) is 13.8 Å². The molecule has 9 heteroatoms. The van der Waals surface area contributed by atoms with E-state index < -0.39 is 0 Å². The number of pyridine rings is 1. The van der Waals surface area contributed by atoms with Crippen molar-refractivity contribution in [2.24, 2.45) is 0 Å². The Morgan fingerprint density at radius 1 is 1.28 bits per heavy atom. The summed E-state index contributed by atoms with van der Waals surface area (Å²) in [6.45, 7) is 8.70. The maximum absolute atomic E-state index is 12.9. The Bertz CT molecular complexity index is 1060. The quantitative estimate of drug-likeness (QED) is 0.695. The number of rotatable bonds is 4. The van der Waals surface area contributed by atoms with Crippen LogP contribution >= 0.6 is 0 Å².